The molecule has 1 saturated heterocycles. The molecule has 3 nitrogen and oxygen atoms in total. The maximum absolute atomic E-state index is 13.5. The smallest absolute Gasteiger partial charge is 0.246 e. The molecule has 0 saturated carbocycles. The van der Waals surface area contributed by atoms with Gasteiger partial charge in [0.25, 0.3) is 0 Å². The third kappa shape index (κ3) is 5.23. The molecule has 1 atom stereocenters. The number of nitrogens with zero attached hydrogens (tertiary/aromatic N) is 1. The van der Waals surface area contributed by atoms with Gasteiger partial charge in [0.05, 0.1) is 6.10 Å². The van der Waals surface area contributed by atoms with Crippen LogP contribution in [0.3, 0.4) is 0 Å². The lowest BCUT2D eigenvalue weighted by molar-refractivity contribution is -0.128. The summed E-state index contributed by atoms with van der Waals surface area (Å²) in [6.07, 6.45) is 5.01. The zero-order chi connectivity index (χ0) is 18.4. The summed E-state index contributed by atoms with van der Waals surface area (Å²) in [5, 5.41) is 0. The third-order valence-electron chi connectivity index (χ3n) is 4.31. The summed E-state index contributed by atoms with van der Waals surface area (Å²) >= 11 is 0. The highest BCUT2D eigenvalue weighted by atomic mass is 19.1. The van der Waals surface area contributed by atoms with Gasteiger partial charge in [0.15, 0.2) is 0 Å². The molecule has 1 aliphatic heterocycles. The lowest BCUT2D eigenvalue weighted by Gasteiger charge is -2.24. The number of amides is 1. The SMILES string of the molecule is O=C(/C=C\c1ccc(F)cc1)N(Cc1cccc(F)c1)C[C@@H]1CCCO1. The van der Waals surface area contributed by atoms with E-state index in [0.717, 1.165) is 24.0 Å². The highest BCUT2D eigenvalue weighted by Crippen LogP contribution is 2.16. The van der Waals surface area contributed by atoms with Crippen molar-refractivity contribution in [2.24, 2.45) is 0 Å². The molecule has 1 heterocycles. The summed E-state index contributed by atoms with van der Waals surface area (Å²) in [6, 6.07) is 12.1. The average Bonchev–Trinajstić information content (AvgIpc) is 3.13. The van der Waals surface area contributed by atoms with Gasteiger partial charge in [-0.3, -0.25) is 4.79 Å². The fourth-order valence-electron chi connectivity index (χ4n) is 2.97. The minimum absolute atomic E-state index is 0.00623. The van der Waals surface area contributed by atoms with Crippen molar-refractivity contribution < 1.29 is 18.3 Å². The number of carbonyl (C=O) groups is 1. The molecule has 1 amide bonds. The van der Waals surface area contributed by atoms with Crippen LogP contribution in [-0.2, 0) is 16.1 Å². The zero-order valence-corrected chi connectivity index (χ0v) is 14.4. The average molecular weight is 357 g/mol. The molecular weight excluding hydrogens is 336 g/mol. The Morgan fingerprint density at radius 3 is 2.65 bits per heavy atom. The van der Waals surface area contributed by atoms with Crippen LogP contribution >= 0.6 is 0 Å². The van der Waals surface area contributed by atoms with Gasteiger partial charge in [-0.25, -0.2) is 8.78 Å². The van der Waals surface area contributed by atoms with Crippen molar-refractivity contribution in [3.8, 4) is 0 Å². The molecule has 0 N–H and O–H groups in total. The molecule has 0 spiro atoms. The topological polar surface area (TPSA) is 29.5 Å². The van der Waals surface area contributed by atoms with Crippen molar-refractivity contribution in [3.63, 3.8) is 0 Å². The van der Waals surface area contributed by atoms with Crippen molar-refractivity contribution in [3.05, 3.63) is 77.4 Å². The van der Waals surface area contributed by atoms with Crippen LogP contribution in [0.2, 0.25) is 0 Å². The number of ether oxygens (including phenoxy) is 1. The second kappa shape index (κ2) is 8.72. The molecule has 26 heavy (non-hydrogen) atoms. The van der Waals surface area contributed by atoms with Crippen LogP contribution in [0.1, 0.15) is 24.0 Å². The van der Waals surface area contributed by atoms with Gasteiger partial charge in [0, 0.05) is 25.8 Å². The molecule has 0 aliphatic carbocycles. The number of hydrogen-bond acceptors (Lipinski definition) is 2. The number of benzene rings is 2. The molecule has 1 fully saturated rings. The molecular formula is C21H21F2NO2. The van der Waals surface area contributed by atoms with E-state index >= 15 is 0 Å². The Morgan fingerprint density at radius 2 is 1.96 bits per heavy atom. The summed E-state index contributed by atoms with van der Waals surface area (Å²) in [7, 11) is 0. The van der Waals surface area contributed by atoms with Crippen molar-refractivity contribution in [1.82, 2.24) is 4.90 Å². The predicted molar refractivity (Wildman–Crippen MR) is 96.2 cm³/mol. The quantitative estimate of drug-likeness (QED) is 0.726. The molecule has 0 bridgehead atoms. The lowest BCUT2D eigenvalue weighted by Crippen LogP contribution is -2.35. The summed E-state index contributed by atoms with van der Waals surface area (Å²) in [6.45, 7) is 1.48. The Morgan fingerprint density at radius 1 is 1.15 bits per heavy atom. The van der Waals surface area contributed by atoms with Crippen molar-refractivity contribution >= 4 is 12.0 Å². The number of carbonyl (C=O) groups excluding carboxylic acids is 1. The van der Waals surface area contributed by atoms with Crippen molar-refractivity contribution in [2.75, 3.05) is 13.2 Å². The molecule has 0 aromatic heterocycles. The summed E-state index contributed by atoms with van der Waals surface area (Å²) < 4.78 is 32.1. The first-order valence-corrected chi connectivity index (χ1v) is 8.69. The molecule has 0 unspecified atom stereocenters. The summed E-state index contributed by atoms with van der Waals surface area (Å²) in [5.74, 6) is -0.831. The molecule has 136 valence electrons. The maximum Gasteiger partial charge on any atom is 0.246 e. The Bertz CT molecular complexity index is 768. The minimum atomic E-state index is -0.325. The van der Waals surface area contributed by atoms with Gasteiger partial charge in [0.1, 0.15) is 11.6 Å². The second-order valence-corrected chi connectivity index (χ2v) is 6.37. The first kappa shape index (κ1) is 18.3. The van der Waals surface area contributed by atoms with Crippen LogP contribution in [0.4, 0.5) is 8.78 Å². The zero-order valence-electron chi connectivity index (χ0n) is 14.4. The van der Waals surface area contributed by atoms with E-state index < -0.39 is 0 Å². The standard InChI is InChI=1S/C21H21F2NO2/c22-18-9-6-16(7-10-18)8-11-21(25)24(15-20-5-2-12-26-20)14-17-3-1-4-19(23)13-17/h1,3-4,6-11,13,20H,2,5,12,14-15H2/b11-8-/t20-/m0/s1. The van der Waals surface area contributed by atoms with Gasteiger partial charge in [-0.2, -0.15) is 0 Å². The number of hydrogen-bond donors (Lipinski definition) is 0. The highest BCUT2D eigenvalue weighted by Gasteiger charge is 2.21. The van der Waals surface area contributed by atoms with E-state index in [-0.39, 0.29) is 23.6 Å². The van der Waals surface area contributed by atoms with Gasteiger partial charge in [-0.1, -0.05) is 24.3 Å². The van der Waals surface area contributed by atoms with E-state index in [2.05, 4.69) is 0 Å². The number of halogens is 2. The third-order valence-corrected chi connectivity index (χ3v) is 4.31. The molecule has 0 radical (unpaired) electrons. The highest BCUT2D eigenvalue weighted by molar-refractivity contribution is 5.91. The van der Waals surface area contributed by atoms with E-state index in [4.69, 9.17) is 4.74 Å². The maximum atomic E-state index is 13.5. The Kier molecular flexibility index (Phi) is 6.12. The lowest BCUT2D eigenvalue weighted by atomic mass is 10.1. The van der Waals surface area contributed by atoms with E-state index in [1.54, 1.807) is 35.2 Å². The van der Waals surface area contributed by atoms with Gasteiger partial charge in [0.2, 0.25) is 5.91 Å². The minimum Gasteiger partial charge on any atom is -0.376 e. The second-order valence-electron chi connectivity index (χ2n) is 6.37. The van der Waals surface area contributed by atoms with Gasteiger partial charge < -0.3 is 9.64 Å². The predicted octanol–water partition coefficient (Wildman–Crippen LogP) is 4.19. The van der Waals surface area contributed by atoms with Crippen molar-refractivity contribution in [1.29, 1.82) is 0 Å². The largest absolute Gasteiger partial charge is 0.376 e. The van der Waals surface area contributed by atoms with Crippen LogP contribution in [0.5, 0.6) is 0 Å². The van der Waals surface area contributed by atoms with Crippen LogP contribution in [0, 0.1) is 11.6 Å². The van der Waals surface area contributed by atoms with E-state index in [9.17, 15) is 13.6 Å². The molecule has 3 rings (SSSR count). The Balaban J connectivity index is 1.72. The van der Waals surface area contributed by atoms with E-state index in [0.29, 0.717) is 19.7 Å². The van der Waals surface area contributed by atoms with Gasteiger partial charge in [-0.05, 0) is 54.3 Å². The van der Waals surface area contributed by atoms with Crippen LogP contribution in [0.25, 0.3) is 6.08 Å². The van der Waals surface area contributed by atoms with Crippen molar-refractivity contribution in [2.45, 2.75) is 25.5 Å². The summed E-state index contributed by atoms with van der Waals surface area (Å²) in [4.78, 5) is 14.3. The first-order valence-electron chi connectivity index (χ1n) is 8.69. The van der Waals surface area contributed by atoms with Crippen LogP contribution in [-0.4, -0.2) is 30.1 Å². The van der Waals surface area contributed by atoms with E-state index in [1.165, 1.54) is 30.3 Å². The molecule has 5 heteroatoms. The van der Waals surface area contributed by atoms with E-state index in [1.807, 2.05) is 0 Å². The van der Waals surface area contributed by atoms with Gasteiger partial charge >= 0.3 is 0 Å². The Labute approximate surface area is 151 Å². The van der Waals surface area contributed by atoms with Crippen LogP contribution < -0.4 is 0 Å². The fraction of sp³-hybridized carbons (Fsp3) is 0.286. The number of rotatable bonds is 6. The molecule has 2 aromatic carbocycles. The molecule has 2 aromatic rings. The normalized spacial score (nSPS) is 16.9. The fourth-order valence-corrected chi connectivity index (χ4v) is 2.97. The van der Waals surface area contributed by atoms with Crippen LogP contribution in [0.15, 0.2) is 54.6 Å². The first-order chi connectivity index (χ1) is 12.6. The van der Waals surface area contributed by atoms with Gasteiger partial charge in [-0.15, -0.1) is 0 Å². The Hall–Kier alpha value is -2.53. The summed E-state index contributed by atoms with van der Waals surface area (Å²) in [5.41, 5.74) is 1.47. The molecule has 1 aliphatic rings. The monoisotopic (exact) mass is 357 g/mol.